The standard InChI is InChI=1S/C28H32F2N8O3/c1-2-18-14-31-28(32-15-18)37-7-5-20(6-8-37)38-16-22(30)24-25(33-17-34-26(24)38)35-23-4-3-19(13-21(23)29)27(41)36(9-11-39)10-12-40/h3-4,13-17,20,39-40H,2,5-12H2,1H3,(H,33,34,35). The Bertz CT molecular complexity index is 1500. The first-order valence-electron chi connectivity index (χ1n) is 13.6. The lowest BCUT2D eigenvalue weighted by atomic mass is 10.1. The third-order valence-electron chi connectivity index (χ3n) is 7.30. The zero-order valence-corrected chi connectivity index (χ0v) is 22.7. The van der Waals surface area contributed by atoms with E-state index in [1.165, 1.54) is 29.6 Å². The molecule has 0 radical (unpaired) electrons. The SMILES string of the molecule is CCc1cnc(N2CCC(n3cc(F)c4c(Nc5ccc(C(=O)N(CCO)CCO)cc5F)ncnc43)CC2)nc1. The van der Waals surface area contributed by atoms with Gasteiger partial charge in [0.2, 0.25) is 5.95 Å². The van der Waals surface area contributed by atoms with Gasteiger partial charge in [-0.15, -0.1) is 0 Å². The summed E-state index contributed by atoms with van der Waals surface area (Å²) >= 11 is 0. The second-order valence-corrected chi connectivity index (χ2v) is 9.83. The molecule has 1 amide bonds. The largest absolute Gasteiger partial charge is 0.395 e. The molecular formula is C28H32F2N8O3. The average molecular weight is 567 g/mol. The number of aryl methyl sites for hydroxylation is 1. The Morgan fingerprint density at radius 3 is 2.39 bits per heavy atom. The van der Waals surface area contributed by atoms with Gasteiger partial charge in [-0.05, 0) is 43.0 Å². The Labute approximate surface area is 235 Å². The van der Waals surface area contributed by atoms with Crippen molar-refractivity contribution in [3.8, 4) is 0 Å². The van der Waals surface area contributed by atoms with Gasteiger partial charge >= 0.3 is 0 Å². The molecule has 1 fully saturated rings. The summed E-state index contributed by atoms with van der Waals surface area (Å²) in [5.41, 5.74) is 1.54. The highest BCUT2D eigenvalue weighted by Gasteiger charge is 2.26. The molecule has 0 atom stereocenters. The lowest BCUT2D eigenvalue weighted by Gasteiger charge is -2.32. The van der Waals surface area contributed by atoms with Crippen molar-refractivity contribution in [3.05, 3.63) is 65.9 Å². The van der Waals surface area contributed by atoms with Crippen LogP contribution in [0.25, 0.3) is 11.0 Å². The molecule has 1 aromatic carbocycles. The predicted molar refractivity (Wildman–Crippen MR) is 149 cm³/mol. The molecule has 4 aromatic rings. The van der Waals surface area contributed by atoms with Crippen LogP contribution in [0.3, 0.4) is 0 Å². The Kier molecular flexibility index (Phi) is 8.64. The van der Waals surface area contributed by atoms with Crippen molar-refractivity contribution in [1.82, 2.24) is 29.4 Å². The summed E-state index contributed by atoms with van der Waals surface area (Å²) in [6.45, 7) is 2.91. The normalized spacial score (nSPS) is 14.0. The number of aliphatic hydroxyl groups is 2. The van der Waals surface area contributed by atoms with Gasteiger partial charge in [-0.3, -0.25) is 4.79 Å². The van der Waals surface area contributed by atoms with E-state index >= 15 is 8.78 Å². The van der Waals surface area contributed by atoms with Crippen molar-refractivity contribution in [2.75, 3.05) is 49.6 Å². The summed E-state index contributed by atoms with van der Waals surface area (Å²) in [5.74, 6) is -1.01. The lowest BCUT2D eigenvalue weighted by molar-refractivity contribution is 0.0684. The quantitative estimate of drug-likeness (QED) is 0.265. The maximum atomic E-state index is 15.3. The van der Waals surface area contributed by atoms with Gasteiger partial charge in [0.1, 0.15) is 23.6 Å². The van der Waals surface area contributed by atoms with Gasteiger partial charge in [-0.2, -0.15) is 0 Å². The number of anilines is 3. The fraction of sp³-hybridized carbons (Fsp3) is 0.393. The molecule has 3 N–H and O–H groups in total. The molecule has 0 bridgehead atoms. The molecule has 1 saturated heterocycles. The number of piperidine rings is 1. The molecule has 4 heterocycles. The van der Waals surface area contributed by atoms with Crippen LogP contribution in [0.2, 0.25) is 0 Å². The third kappa shape index (κ3) is 5.95. The Hall–Kier alpha value is -4.23. The first-order chi connectivity index (χ1) is 19.9. The number of nitrogens with zero attached hydrogens (tertiary/aromatic N) is 7. The second-order valence-electron chi connectivity index (χ2n) is 9.83. The number of hydrogen-bond acceptors (Lipinski definition) is 9. The molecule has 1 aliphatic heterocycles. The van der Waals surface area contributed by atoms with Crippen LogP contribution in [-0.4, -0.2) is 84.9 Å². The predicted octanol–water partition coefficient (Wildman–Crippen LogP) is 3.07. The van der Waals surface area contributed by atoms with Crippen LogP contribution in [-0.2, 0) is 6.42 Å². The van der Waals surface area contributed by atoms with E-state index in [1.54, 1.807) is 0 Å². The zero-order valence-electron chi connectivity index (χ0n) is 22.7. The van der Waals surface area contributed by atoms with Crippen molar-refractivity contribution < 1.29 is 23.8 Å². The summed E-state index contributed by atoms with van der Waals surface area (Å²) in [7, 11) is 0. The minimum absolute atomic E-state index is 0.00117. The number of amides is 1. The van der Waals surface area contributed by atoms with Crippen molar-refractivity contribution >= 4 is 34.4 Å². The van der Waals surface area contributed by atoms with Crippen molar-refractivity contribution in [2.45, 2.75) is 32.2 Å². The Balaban J connectivity index is 1.33. The fourth-order valence-corrected chi connectivity index (χ4v) is 5.07. The Morgan fingerprint density at radius 1 is 1.05 bits per heavy atom. The number of aromatic nitrogens is 5. The molecule has 0 unspecified atom stereocenters. The van der Waals surface area contributed by atoms with E-state index in [0.717, 1.165) is 30.9 Å². The maximum Gasteiger partial charge on any atom is 0.254 e. The van der Waals surface area contributed by atoms with E-state index in [-0.39, 0.29) is 54.8 Å². The van der Waals surface area contributed by atoms with E-state index in [1.807, 2.05) is 17.0 Å². The number of benzene rings is 1. The fourth-order valence-electron chi connectivity index (χ4n) is 5.07. The van der Waals surface area contributed by atoms with Crippen molar-refractivity contribution in [3.63, 3.8) is 0 Å². The summed E-state index contributed by atoms with van der Waals surface area (Å²) in [5, 5.41) is 21.3. The van der Waals surface area contributed by atoms with E-state index in [4.69, 9.17) is 0 Å². The van der Waals surface area contributed by atoms with E-state index in [9.17, 15) is 15.0 Å². The number of carbonyl (C=O) groups is 1. The monoisotopic (exact) mass is 566 g/mol. The van der Waals surface area contributed by atoms with Gasteiger partial charge < -0.3 is 29.9 Å². The third-order valence-corrected chi connectivity index (χ3v) is 7.30. The van der Waals surface area contributed by atoms with Gasteiger partial charge in [0.05, 0.1) is 24.3 Å². The molecule has 3 aromatic heterocycles. The number of fused-ring (bicyclic) bond motifs is 1. The molecular weight excluding hydrogens is 534 g/mol. The number of halogens is 2. The number of aliphatic hydroxyl groups excluding tert-OH is 2. The van der Waals surface area contributed by atoms with Crippen LogP contribution in [0.1, 0.15) is 41.7 Å². The lowest BCUT2D eigenvalue weighted by Crippen LogP contribution is -2.35. The topological polar surface area (TPSA) is 133 Å². The summed E-state index contributed by atoms with van der Waals surface area (Å²) in [6.07, 6.45) is 8.74. The van der Waals surface area contributed by atoms with Crippen molar-refractivity contribution in [1.29, 1.82) is 0 Å². The first kappa shape index (κ1) is 28.3. The zero-order chi connectivity index (χ0) is 28.9. The van der Waals surface area contributed by atoms with Crippen LogP contribution in [0.5, 0.6) is 0 Å². The molecule has 0 saturated carbocycles. The smallest absolute Gasteiger partial charge is 0.254 e. The molecule has 0 spiro atoms. The minimum atomic E-state index is -0.739. The summed E-state index contributed by atoms with van der Waals surface area (Å²) < 4.78 is 32.2. The van der Waals surface area contributed by atoms with Gasteiger partial charge in [0.25, 0.3) is 5.91 Å². The van der Waals surface area contributed by atoms with Crippen LogP contribution in [0.15, 0.2) is 43.1 Å². The molecule has 41 heavy (non-hydrogen) atoms. The summed E-state index contributed by atoms with van der Waals surface area (Å²) in [4.78, 5) is 33.5. The molecule has 0 aliphatic carbocycles. The van der Waals surface area contributed by atoms with Gasteiger partial charge in [0.15, 0.2) is 5.82 Å². The highest BCUT2D eigenvalue weighted by Crippen LogP contribution is 2.33. The number of rotatable bonds is 10. The average Bonchev–Trinajstić information content (AvgIpc) is 3.35. The van der Waals surface area contributed by atoms with Gasteiger partial charge in [0, 0.05) is 56.4 Å². The molecule has 1 aliphatic rings. The molecule has 13 heteroatoms. The highest BCUT2D eigenvalue weighted by molar-refractivity contribution is 5.95. The van der Waals surface area contributed by atoms with E-state index in [2.05, 4.69) is 37.1 Å². The van der Waals surface area contributed by atoms with E-state index in [0.29, 0.717) is 24.7 Å². The van der Waals surface area contributed by atoms with Crippen LogP contribution in [0.4, 0.5) is 26.2 Å². The van der Waals surface area contributed by atoms with Gasteiger partial charge in [-0.1, -0.05) is 6.92 Å². The van der Waals surface area contributed by atoms with Crippen molar-refractivity contribution in [2.24, 2.45) is 0 Å². The van der Waals surface area contributed by atoms with Gasteiger partial charge in [-0.25, -0.2) is 28.7 Å². The van der Waals surface area contributed by atoms with Crippen LogP contribution < -0.4 is 10.2 Å². The minimum Gasteiger partial charge on any atom is -0.395 e. The number of hydrogen-bond donors (Lipinski definition) is 3. The second kappa shape index (κ2) is 12.5. The summed E-state index contributed by atoms with van der Waals surface area (Å²) in [6, 6.07) is 3.84. The molecule has 216 valence electrons. The molecule has 11 nitrogen and oxygen atoms in total. The van der Waals surface area contributed by atoms with E-state index < -0.39 is 17.5 Å². The maximum absolute atomic E-state index is 15.3. The van der Waals surface area contributed by atoms with Crippen LogP contribution >= 0.6 is 0 Å². The first-order valence-corrected chi connectivity index (χ1v) is 13.6. The number of carbonyl (C=O) groups excluding carboxylic acids is 1. The highest BCUT2D eigenvalue weighted by atomic mass is 19.1. The van der Waals surface area contributed by atoms with Crippen LogP contribution in [0, 0.1) is 11.6 Å². The number of nitrogens with one attached hydrogen (secondary N) is 1. The molecule has 5 rings (SSSR count). The Morgan fingerprint density at radius 2 is 1.76 bits per heavy atom.